The van der Waals surface area contributed by atoms with Gasteiger partial charge in [0.15, 0.2) is 6.10 Å². The molecule has 0 saturated heterocycles. The Labute approximate surface area is 171 Å². The molecular weight excluding hydrogens is 428 g/mol. The molecule has 1 amide bonds. The molecule has 0 radical (unpaired) electrons. The summed E-state index contributed by atoms with van der Waals surface area (Å²) in [4.78, 5) is 23.6. The predicted octanol–water partition coefficient (Wildman–Crippen LogP) is 3.69. The number of carbonyl (C=O) groups excluding carboxylic acids is 2. The summed E-state index contributed by atoms with van der Waals surface area (Å²) < 4.78 is 16.9. The fourth-order valence-corrected chi connectivity index (χ4v) is 2.64. The second-order valence-corrected chi connectivity index (χ2v) is 6.62. The van der Waals surface area contributed by atoms with Crippen LogP contribution >= 0.6 is 15.9 Å². The monoisotopic (exact) mass is 448 g/mol. The van der Waals surface area contributed by atoms with Crippen molar-refractivity contribution in [3.05, 3.63) is 52.5 Å². The van der Waals surface area contributed by atoms with Gasteiger partial charge in [0.05, 0.1) is 13.3 Å². The van der Waals surface area contributed by atoms with Gasteiger partial charge in [0, 0.05) is 17.0 Å². The molecule has 0 fully saturated rings. The molecule has 0 unspecified atom stereocenters. The second-order valence-electron chi connectivity index (χ2n) is 5.70. The Morgan fingerprint density at radius 1 is 1.21 bits per heavy atom. The second kappa shape index (κ2) is 10.5. The van der Waals surface area contributed by atoms with Crippen molar-refractivity contribution in [1.82, 2.24) is 5.43 Å². The minimum absolute atomic E-state index is 0.309. The van der Waals surface area contributed by atoms with Crippen molar-refractivity contribution >= 4 is 34.0 Å². The highest BCUT2D eigenvalue weighted by Gasteiger charge is 2.18. The lowest BCUT2D eigenvalue weighted by atomic mass is 10.2. The molecule has 0 aromatic heterocycles. The molecule has 2 aromatic carbocycles. The van der Waals surface area contributed by atoms with Gasteiger partial charge in [-0.3, -0.25) is 9.59 Å². The lowest BCUT2D eigenvalue weighted by Gasteiger charge is -2.15. The van der Waals surface area contributed by atoms with Crippen LogP contribution in [0.4, 0.5) is 0 Å². The van der Waals surface area contributed by atoms with Crippen LogP contribution in [-0.2, 0) is 9.59 Å². The molecule has 2 rings (SSSR count). The van der Waals surface area contributed by atoms with Gasteiger partial charge in [-0.25, -0.2) is 5.43 Å². The largest absolute Gasteiger partial charge is 0.497 e. The molecule has 1 N–H and O–H groups in total. The van der Waals surface area contributed by atoms with E-state index in [1.54, 1.807) is 30.3 Å². The topological polar surface area (TPSA) is 86.2 Å². The zero-order valence-electron chi connectivity index (χ0n) is 15.8. The third-order valence-corrected chi connectivity index (χ3v) is 4.08. The number of esters is 1. The molecule has 0 spiro atoms. The van der Waals surface area contributed by atoms with E-state index in [-0.39, 0.29) is 0 Å². The van der Waals surface area contributed by atoms with Gasteiger partial charge in [0.1, 0.15) is 17.2 Å². The Morgan fingerprint density at radius 2 is 2.00 bits per heavy atom. The molecule has 0 bridgehead atoms. The molecule has 0 aliphatic carbocycles. The highest BCUT2D eigenvalue weighted by Crippen LogP contribution is 2.23. The maximum atomic E-state index is 12.4. The highest BCUT2D eigenvalue weighted by atomic mass is 79.9. The van der Waals surface area contributed by atoms with Crippen LogP contribution in [0.5, 0.6) is 17.2 Å². The number of hydrogen-bond donors (Lipinski definition) is 1. The van der Waals surface area contributed by atoms with E-state index in [1.165, 1.54) is 20.2 Å². The Morgan fingerprint density at radius 3 is 2.64 bits per heavy atom. The molecule has 148 valence electrons. The van der Waals surface area contributed by atoms with E-state index in [1.807, 2.05) is 19.1 Å². The fourth-order valence-electron chi connectivity index (χ4n) is 2.27. The fraction of sp³-hybridized carbons (Fsp3) is 0.250. The summed E-state index contributed by atoms with van der Waals surface area (Å²) in [5.74, 6) is 0.593. The highest BCUT2D eigenvalue weighted by molar-refractivity contribution is 9.10. The lowest BCUT2D eigenvalue weighted by molar-refractivity contribution is -0.132. The normalized spacial score (nSPS) is 11.7. The molecule has 0 heterocycles. The first kappa shape index (κ1) is 21.4. The average molecular weight is 449 g/mol. The number of hydrazone groups is 1. The van der Waals surface area contributed by atoms with Gasteiger partial charge < -0.3 is 14.2 Å². The quantitative estimate of drug-likeness (QED) is 0.288. The van der Waals surface area contributed by atoms with Crippen molar-refractivity contribution in [3.8, 4) is 17.2 Å². The summed E-state index contributed by atoms with van der Waals surface area (Å²) >= 11 is 3.36. The van der Waals surface area contributed by atoms with Crippen molar-refractivity contribution in [1.29, 1.82) is 0 Å². The van der Waals surface area contributed by atoms with Gasteiger partial charge >= 0.3 is 5.97 Å². The number of rotatable bonds is 8. The lowest BCUT2D eigenvalue weighted by Crippen LogP contribution is -2.35. The summed E-state index contributed by atoms with van der Waals surface area (Å²) in [6, 6.07) is 12.1. The zero-order valence-corrected chi connectivity index (χ0v) is 17.4. The van der Waals surface area contributed by atoms with Crippen LogP contribution in [0.15, 0.2) is 52.0 Å². The zero-order chi connectivity index (χ0) is 20.5. The summed E-state index contributed by atoms with van der Waals surface area (Å²) in [5.41, 5.74) is 2.93. The average Bonchev–Trinajstić information content (AvgIpc) is 2.66. The van der Waals surface area contributed by atoms with Crippen LogP contribution in [-0.4, -0.2) is 31.3 Å². The van der Waals surface area contributed by atoms with Gasteiger partial charge in [-0.2, -0.15) is 5.10 Å². The number of halogens is 1. The molecule has 7 nitrogen and oxygen atoms in total. The smallest absolute Gasteiger partial charge is 0.308 e. The van der Waals surface area contributed by atoms with Crippen LogP contribution in [0.1, 0.15) is 25.8 Å². The van der Waals surface area contributed by atoms with Crippen LogP contribution in [0, 0.1) is 0 Å². The van der Waals surface area contributed by atoms with E-state index in [0.29, 0.717) is 29.2 Å². The van der Waals surface area contributed by atoms with E-state index >= 15 is 0 Å². The van der Waals surface area contributed by atoms with Crippen molar-refractivity contribution in [2.75, 3.05) is 7.11 Å². The van der Waals surface area contributed by atoms with Crippen LogP contribution in [0.25, 0.3) is 0 Å². The number of hydrogen-bond acceptors (Lipinski definition) is 6. The van der Waals surface area contributed by atoms with E-state index in [2.05, 4.69) is 26.5 Å². The Balaban J connectivity index is 2.07. The third-order valence-electron chi connectivity index (χ3n) is 3.59. The minimum Gasteiger partial charge on any atom is -0.497 e. The molecule has 1 atom stereocenters. The first-order chi connectivity index (χ1) is 13.4. The molecule has 0 aliphatic heterocycles. The standard InChI is InChI=1S/C20H21BrN2O5/c1-4-18(28-17-7-5-6-15(21)11-17)20(25)23-22-12-14-10-16(26-3)8-9-19(14)27-13(2)24/h5-12,18H,4H2,1-3H3,(H,23,25)/t18-/m1/s1. The van der Waals surface area contributed by atoms with E-state index in [0.717, 1.165) is 4.47 Å². The first-order valence-corrected chi connectivity index (χ1v) is 9.33. The van der Waals surface area contributed by atoms with Gasteiger partial charge in [0.2, 0.25) is 0 Å². The number of nitrogens with zero attached hydrogens (tertiary/aromatic N) is 1. The van der Waals surface area contributed by atoms with Crippen molar-refractivity contribution in [2.45, 2.75) is 26.4 Å². The van der Waals surface area contributed by atoms with E-state index in [9.17, 15) is 9.59 Å². The number of nitrogens with one attached hydrogen (secondary N) is 1. The van der Waals surface area contributed by atoms with Crippen LogP contribution < -0.4 is 19.6 Å². The molecular formula is C20H21BrN2O5. The first-order valence-electron chi connectivity index (χ1n) is 8.54. The van der Waals surface area contributed by atoms with Crippen LogP contribution in [0.2, 0.25) is 0 Å². The van der Waals surface area contributed by atoms with Gasteiger partial charge in [-0.05, 0) is 42.8 Å². The summed E-state index contributed by atoms with van der Waals surface area (Å²) in [6.07, 6.45) is 1.14. The Bertz CT molecular complexity index is 869. The summed E-state index contributed by atoms with van der Waals surface area (Å²) in [6.45, 7) is 3.14. The maximum absolute atomic E-state index is 12.4. The molecule has 28 heavy (non-hydrogen) atoms. The van der Waals surface area contributed by atoms with Crippen molar-refractivity contribution in [3.63, 3.8) is 0 Å². The third kappa shape index (κ3) is 6.38. The predicted molar refractivity (Wildman–Crippen MR) is 109 cm³/mol. The van der Waals surface area contributed by atoms with E-state index in [4.69, 9.17) is 14.2 Å². The van der Waals surface area contributed by atoms with Gasteiger partial charge in [0.25, 0.3) is 5.91 Å². The molecule has 2 aromatic rings. The summed E-state index contributed by atoms with van der Waals surface area (Å²) in [7, 11) is 1.52. The molecule has 8 heteroatoms. The number of amides is 1. The number of carbonyl (C=O) groups is 2. The number of benzene rings is 2. The van der Waals surface area contributed by atoms with Crippen molar-refractivity contribution < 1.29 is 23.8 Å². The Hall–Kier alpha value is -2.87. The van der Waals surface area contributed by atoms with E-state index < -0.39 is 18.0 Å². The van der Waals surface area contributed by atoms with Gasteiger partial charge in [-0.15, -0.1) is 0 Å². The number of ether oxygens (including phenoxy) is 3. The minimum atomic E-state index is -0.704. The SMILES string of the molecule is CC[C@@H](Oc1cccc(Br)c1)C(=O)NN=Cc1cc(OC)ccc1OC(C)=O. The maximum Gasteiger partial charge on any atom is 0.308 e. The molecule has 0 aliphatic rings. The number of methoxy groups -OCH3 is 1. The van der Waals surface area contributed by atoms with Crippen LogP contribution in [0.3, 0.4) is 0 Å². The summed E-state index contributed by atoms with van der Waals surface area (Å²) in [5, 5.41) is 3.95. The van der Waals surface area contributed by atoms with Gasteiger partial charge in [-0.1, -0.05) is 28.9 Å². The van der Waals surface area contributed by atoms with Crippen molar-refractivity contribution in [2.24, 2.45) is 5.10 Å². The Kier molecular flexibility index (Phi) is 8.01. The molecule has 0 saturated carbocycles.